The van der Waals surface area contributed by atoms with E-state index in [-0.39, 0.29) is 5.91 Å². The number of hydrogen-bond donors (Lipinski definition) is 1. The fraction of sp³-hybridized carbons (Fsp3) is 0. The highest BCUT2D eigenvalue weighted by molar-refractivity contribution is 6.34. The summed E-state index contributed by atoms with van der Waals surface area (Å²) in [5.74, 6) is -0.215. The summed E-state index contributed by atoms with van der Waals surface area (Å²) in [6, 6.07) is 18.7. The smallest absolute Gasteiger partial charge is 0.255 e. The number of aromatic nitrogens is 1. The van der Waals surface area contributed by atoms with Gasteiger partial charge in [-0.15, -0.1) is 0 Å². The largest absolute Gasteiger partial charge is 0.320 e. The minimum Gasteiger partial charge on any atom is -0.320 e. The molecule has 1 N–H and O–H groups in total. The molecular weight excluding hydrogens is 296 g/mol. The van der Waals surface area contributed by atoms with E-state index in [2.05, 4.69) is 10.3 Å². The van der Waals surface area contributed by atoms with Gasteiger partial charge in [0.2, 0.25) is 0 Å². The minimum absolute atomic E-state index is 0.215. The zero-order chi connectivity index (χ0) is 15.4. The molecule has 0 atom stereocenters. The van der Waals surface area contributed by atoms with Crippen LogP contribution in [0.4, 0.5) is 5.69 Å². The first kappa shape index (κ1) is 14.3. The van der Waals surface area contributed by atoms with E-state index in [0.29, 0.717) is 16.3 Å². The molecule has 0 aliphatic carbocycles. The predicted octanol–water partition coefficient (Wildman–Crippen LogP) is 4.65. The SMILES string of the molecule is O=C(Nc1c(Cl)cccc1-c1ccccc1)c1ccncc1. The maximum atomic E-state index is 12.4. The summed E-state index contributed by atoms with van der Waals surface area (Å²) in [5.41, 5.74) is 3.02. The highest BCUT2D eigenvalue weighted by Crippen LogP contribution is 2.34. The second kappa shape index (κ2) is 6.41. The van der Waals surface area contributed by atoms with E-state index in [1.54, 1.807) is 30.6 Å². The molecular formula is C18H13ClN2O. The van der Waals surface area contributed by atoms with E-state index < -0.39 is 0 Å². The fourth-order valence-corrected chi connectivity index (χ4v) is 2.42. The van der Waals surface area contributed by atoms with Gasteiger partial charge >= 0.3 is 0 Å². The number of anilines is 1. The van der Waals surface area contributed by atoms with Crippen LogP contribution in [-0.4, -0.2) is 10.9 Å². The molecule has 0 saturated heterocycles. The number of nitrogens with one attached hydrogen (secondary N) is 1. The lowest BCUT2D eigenvalue weighted by Crippen LogP contribution is -2.13. The van der Waals surface area contributed by atoms with Crippen molar-refractivity contribution in [1.82, 2.24) is 4.98 Å². The van der Waals surface area contributed by atoms with Crippen molar-refractivity contribution in [2.45, 2.75) is 0 Å². The molecule has 3 nitrogen and oxygen atoms in total. The Hall–Kier alpha value is -2.65. The molecule has 4 heteroatoms. The van der Waals surface area contributed by atoms with Crippen molar-refractivity contribution in [3.8, 4) is 11.1 Å². The van der Waals surface area contributed by atoms with Crippen LogP contribution < -0.4 is 5.32 Å². The molecule has 0 fully saturated rings. The number of nitrogens with zero attached hydrogens (tertiary/aromatic N) is 1. The van der Waals surface area contributed by atoms with Gasteiger partial charge in [-0.05, 0) is 23.8 Å². The predicted molar refractivity (Wildman–Crippen MR) is 89.1 cm³/mol. The average molecular weight is 309 g/mol. The Morgan fingerprint density at radius 3 is 2.36 bits per heavy atom. The van der Waals surface area contributed by atoms with Crippen LogP contribution in [0.3, 0.4) is 0 Å². The number of benzene rings is 2. The lowest BCUT2D eigenvalue weighted by molar-refractivity contribution is 0.102. The first-order valence-corrected chi connectivity index (χ1v) is 7.19. The summed E-state index contributed by atoms with van der Waals surface area (Å²) in [5, 5.41) is 3.40. The fourth-order valence-electron chi connectivity index (χ4n) is 2.20. The number of halogens is 1. The average Bonchev–Trinajstić information content (AvgIpc) is 2.58. The highest BCUT2D eigenvalue weighted by atomic mass is 35.5. The standard InChI is InChI=1S/C18H13ClN2O/c19-16-8-4-7-15(13-5-2-1-3-6-13)17(16)21-18(22)14-9-11-20-12-10-14/h1-12H,(H,21,22). The van der Waals surface area contributed by atoms with Gasteiger partial charge in [-0.2, -0.15) is 0 Å². The van der Waals surface area contributed by atoms with Crippen molar-refractivity contribution < 1.29 is 4.79 Å². The van der Waals surface area contributed by atoms with E-state index in [4.69, 9.17) is 11.6 Å². The van der Waals surface area contributed by atoms with Gasteiger partial charge in [0, 0.05) is 23.5 Å². The normalized spacial score (nSPS) is 10.2. The summed E-state index contributed by atoms with van der Waals surface area (Å²) < 4.78 is 0. The zero-order valence-corrected chi connectivity index (χ0v) is 12.4. The summed E-state index contributed by atoms with van der Waals surface area (Å²) >= 11 is 6.28. The first-order valence-electron chi connectivity index (χ1n) is 6.81. The molecule has 0 spiro atoms. The molecule has 108 valence electrons. The van der Waals surface area contributed by atoms with Gasteiger partial charge in [0.25, 0.3) is 5.91 Å². The van der Waals surface area contributed by atoms with Crippen LogP contribution in [-0.2, 0) is 0 Å². The maximum Gasteiger partial charge on any atom is 0.255 e. The zero-order valence-electron chi connectivity index (χ0n) is 11.7. The molecule has 22 heavy (non-hydrogen) atoms. The molecule has 2 aromatic carbocycles. The van der Waals surface area contributed by atoms with Gasteiger partial charge in [0.15, 0.2) is 0 Å². The van der Waals surface area contributed by atoms with Crippen molar-refractivity contribution in [3.05, 3.63) is 83.6 Å². The van der Waals surface area contributed by atoms with Crippen LogP contribution in [0.5, 0.6) is 0 Å². The number of carbonyl (C=O) groups excluding carboxylic acids is 1. The molecule has 0 aliphatic rings. The number of pyridine rings is 1. The molecule has 1 amide bonds. The van der Waals surface area contributed by atoms with Crippen LogP contribution >= 0.6 is 11.6 Å². The second-order valence-corrected chi connectivity index (χ2v) is 5.13. The van der Waals surface area contributed by atoms with Crippen molar-refractivity contribution in [2.24, 2.45) is 0 Å². The molecule has 1 aromatic heterocycles. The van der Waals surface area contributed by atoms with Crippen LogP contribution in [0.2, 0.25) is 5.02 Å². The van der Waals surface area contributed by atoms with Crippen molar-refractivity contribution in [2.75, 3.05) is 5.32 Å². The molecule has 0 bridgehead atoms. The van der Waals surface area contributed by atoms with Crippen LogP contribution in [0, 0.1) is 0 Å². The van der Waals surface area contributed by atoms with E-state index in [0.717, 1.165) is 11.1 Å². The Morgan fingerprint density at radius 1 is 0.909 bits per heavy atom. The monoisotopic (exact) mass is 308 g/mol. The third-order valence-electron chi connectivity index (χ3n) is 3.28. The number of rotatable bonds is 3. The molecule has 0 radical (unpaired) electrons. The Kier molecular flexibility index (Phi) is 4.17. The van der Waals surface area contributed by atoms with Crippen molar-refractivity contribution in [1.29, 1.82) is 0 Å². The quantitative estimate of drug-likeness (QED) is 0.765. The van der Waals surface area contributed by atoms with Gasteiger partial charge in [0.1, 0.15) is 0 Å². The molecule has 3 aromatic rings. The van der Waals surface area contributed by atoms with Crippen LogP contribution in [0.15, 0.2) is 73.1 Å². The van der Waals surface area contributed by atoms with E-state index in [9.17, 15) is 4.79 Å². The maximum absolute atomic E-state index is 12.4. The van der Waals surface area contributed by atoms with Crippen LogP contribution in [0.1, 0.15) is 10.4 Å². The first-order chi connectivity index (χ1) is 10.8. The lowest BCUT2D eigenvalue weighted by Gasteiger charge is -2.13. The van der Waals surface area contributed by atoms with Crippen LogP contribution in [0.25, 0.3) is 11.1 Å². The number of para-hydroxylation sites is 1. The Bertz CT molecular complexity index is 789. The van der Waals surface area contributed by atoms with Crippen molar-refractivity contribution in [3.63, 3.8) is 0 Å². The molecule has 3 rings (SSSR count). The third-order valence-corrected chi connectivity index (χ3v) is 3.59. The summed E-state index contributed by atoms with van der Waals surface area (Å²) in [4.78, 5) is 16.3. The number of hydrogen-bond acceptors (Lipinski definition) is 2. The third kappa shape index (κ3) is 3.00. The molecule has 0 unspecified atom stereocenters. The van der Waals surface area contributed by atoms with Gasteiger partial charge in [-0.3, -0.25) is 9.78 Å². The highest BCUT2D eigenvalue weighted by Gasteiger charge is 2.13. The summed E-state index contributed by atoms with van der Waals surface area (Å²) in [7, 11) is 0. The number of carbonyl (C=O) groups is 1. The van der Waals surface area contributed by atoms with Gasteiger partial charge in [-0.25, -0.2) is 0 Å². The number of amides is 1. The summed E-state index contributed by atoms with van der Waals surface area (Å²) in [6.07, 6.45) is 3.17. The Labute approximate surface area is 133 Å². The molecule has 0 aliphatic heterocycles. The Morgan fingerprint density at radius 2 is 1.64 bits per heavy atom. The van der Waals surface area contributed by atoms with Gasteiger partial charge in [0.05, 0.1) is 10.7 Å². The lowest BCUT2D eigenvalue weighted by atomic mass is 10.0. The summed E-state index contributed by atoms with van der Waals surface area (Å²) in [6.45, 7) is 0. The topological polar surface area (TPSA) is 42.0 Å². The van der Waals surface area contributed by atoms with E-state index >= 15 is 0 Å². The van der Waals surface area contributed by atoms with Crippen molar-refractivity contribution >= 4 is 23.2 Å². The Balaban J connectivity index is 1.99. The van der Waals surface area contributed by atoms with Gasteiger partial charge < -0.3 is 5.32 Å². The second-order valence-electron chi connectivity index (χ2n) is 4.72. The minimum atomic E-state index is -0.215. The van der Waals surface area contributed by atoms with E-state index in [1.807, 2.05) is 42.5 Å². The van der Waals surface area contributed by atoms with E-state index in [1.165, 1.54) is 0 Å². The molecule has 1 heterocycles. The molecule has 0 saturated carbocycles. The van der Waals surface area contributed by atoms with Gasteiger partial charge in [-0.1, -0.05) is 54.1 Å².